The van der Waals surface area contributed by atoms with E-state index in [9.17, 15) is 13.2 Å². The summed E-state index contributed by atoms with van der Waals surface area (Å²) in [6.45, 7) is 5.43. The minimum Gasteiger partial charge on any atom is -0.339 e. The maximum absolute atomic E-state index is 13.1. The van der Waals surface area contributed by atoms with Crippen molar-refractivity contribution in [2.75, 3.05) is 31.9 Å². The van der Waals surface area contributed by atoms with Crippen molar-refractivity contribution in [1.82, 2.24) is 24.0 Å². The van der Waals surface area contributed by atoms with Crippen LogP contribution >= 0.6 is 11.8 Å². The molecule has 1 saturated heterocycles. The van der Waals surface area contributed by atoms with E-state index < -0.39 is 10.0 Å². The van der Waals surface area contributed by atoms with E-state index in [1.165, 1.54) is 16.1 Å². The lowest BCUT2D eigenvalue weighted by Crippen LogP contribution is -2.50. The van der Waals surface area contributed by atoms with Gasteiger partial charge in [-0.1, -0.05) is 55.9 Å². The summed E-state index contributed by atoms with van der Waals surface area (Å²) in [5.41, 5.74) is 0. The SMILES string of the molecule is CC(C)c1nnc(SCC(=O)N2CCN(S(=O)(=O)c3ccc4ccccc4c3)CC2)n1C. The molecule has 0 aliphatic carbocycles. The zero-order chi connectivity index (χ0) is 22.9. The maximum atomic E-state index is 13.1. The molecule has 1 aromatic heterocycles. The summed E-state index contributed by atoms with van der Waals surface area (Å²) in [6.07, 6.45) is 0. The Balaban J connectivity index is 1.36. The van der Waals surface area contributed by atoms with Crippen LogP contribution in [0.2, 0.25) is 0 Å². The van der Waals surface area contributed by atoms with Crippen molar-refractivity contribution >= 4 is 38.5 Å². The van der Waals surface area contributed by atoms with Crippen LogP contribution in [0.1, 0.15) is 25.6 Å². The van der Waals surface area contributed by atoms with Crippen LogP contribution in [-0.2, 0) is 21.9 Å². The molecule has 0 bridgehead atoms. The maximum Gasteiger partial charge on any atom is 0.243 e. The first-order chi connectivity index (χ1) is 15.3. The van der Waals surface area contributed by atoms with Gasteiger partial charge in [-0.05, 0) is 22.9 Å². The summed E-state index contributed by atoms with van der Waals surface area (Å²) in [5, 5.41) is 11.0. The highest BCUT2D eigenvalue weighted by Crippen LogP contribution is 2.24. The van der Waals surface area contributed by atoms with Gasteiger partial charge in [0.2, 0.25) is 15.9 Å². The molecule has 1 aliphatic rings. The molecule has 0 saturated carbocycles. The standard InChI is InChI=1S/C22H27N5O3S2/c1-16(2)21-23-24-22(25(21)3)31-15-20(28)26-10-12-27(13-11-26)32(29,30)19-9-8-17-6-4-5-7-18(17)14-19/h4-9,14,16H,10-13,15H2,1-3H3. The van der Waals surface area contributed by atoms with Gasteiger partial charge in [0.25, 0.3) is 0 Å². The third-order valence-electron chi connectivity index (χ3n) is 5.66. The van der Waals surface area contributed by atoms with Crippen LogP contribution in [0, 0.1) is 0 Å². The lowest BCUT2D eigenvalue weighted by molar-refractivity contribution is -0.129. The minimum atomic E-state index is -3.60. The molecular weight excluding hydrogens is 446 g/mol. The number of benzene rings is 2. The van der Waals surface area contributed by atoms with Crippen LogP contribution in [0.4, 0.5) is 0 Å². The molecule has 0 radical (unpaired) electrons. The van der Waals surface area contributed by atoms with Gasteiger partial charge in [0, 0.05) is 39.1 Å². The van der Waals surface area contributed by atoms with E-state index in [-0.39, 0.29) is 35.6 Å². The summed E-state index contributed by atoms with van der Waals surface area (Å²) in [5.74, 6) is 1.37. The molecule has 8 nitrogen and oxygen atoms in total. The van der Waals surface area contributed by atoms with Crippen LogP contribution < -0.4 is 0 Å². The molecule has 10 heteroatoms. The number of carbonyl (C=O) groups is 1. The second kappa shape index (κ2) is 9.21. The van der Waals surface area contributed by atoms with E-state index in [4.69, 9.17) is 0 Å². The normalized spacial score (nSPS) is 15.6. The average molecular weight is 474 g/mol. The Hall–Kier alpha value is -2.43. The molecule has 2 heterocycles. The van der Waals surface area contributed by atoms with E-state index >= 15 is 0 Å². The Kier molecular flexibility index (Phi) is 6.55. The fourth-order valence-electron chi connectivity index (χ4n) is 3.83. The van der Waals surface area contributed by atoms with E-state index in [1.807, 2.05) is 41.9 Å². The average Bonchev–Trinajstić information content (AvgIpc) is 3.17. The lowest BCUT2D eigenvalue weighted by atomic mass is 10.1. The Labute approximate surface area is 192 Å². The molecule has 2 aromatic carbocycles. The monoisotopic (exact) mass is 473 g/mol. The van der Waals surface area contributed by atoms with E-state index in [2.05, 4.69) is 24.0 Å². The van der Waals surface area contributed by atoms with Crippen LogP contribution in [0.25, 0.3) is 10.8 Å². The van der Waals surface area contributed by atoms with Crippen molar-refractivity contribution in [3.05, 3.63) is 48.3 Å². The Morgan fingerprint density at radius 1 is 1.03 bits per heavy atom. The quantitative estimate of drug-likeness (QED) is 0.512. The number of hydrogen-bond donors (Lipinski definition) is 0. The molecule has 0 atom stereocenters. The zero-order valence-corrected chi connectivity index (χ0v) is 20.1. The third kappa shape index (κ3) is 4.53. The van der Waals surface area contributed by atoms with Gasteiger partial charge < -0.3 is 9.47 Å². The van der Waals surface area contributed by atoms with Crippen LogP contribution in [0.3, 0.4) is 0 Å². The van der Waals surface area contributed by atoms with Gasteiger partial charge in [0.05, 0.1) is 10.6 Å². The first kappa shape index (κ1) is 22.8. The first-order valence-corrected chi connectivity index (χ1v) is 13.0. The van der Waals surface area contributed by atoms with Crippen molar-refractivity contribution in [3.63, 3.8) is 0 Å². The highest BCUT2D eigenvalue weighted by molar-refractivity contribution is 7.99. The minimum absolute atomic E-state index is 0.0214. The van der Waals surface area contributed by atoms with Gasteiger partial charge in [-0.2, -0.15) is 4.31 Å². The number of sulfonamides is 1. The number of thioether (sulfide) groups is 1. The van der Waals surface area contributed by atoms with Gasteiger partial charge in [-0.25, -0.2) is 8.42 Å². The van der Waals surface area contributed by atoms with Crippen LogP contribution in [-0.4, -0.2) is 70.2 Å². The molecular formula is C22H27N5O3S2. The summed E-state index contributed by atoms with van der Waals surface area (Å²) in [6, 6.07) is 12.9. The van der Waals surface area contributed by atoms with Crippen molar-refractivity contribution in [3.8, 4) is 0 Å². The van der Waals surface area contributed by atoms with E-state index in [1.54, 1.807) is 17.0 Å². The predicted octanol–water partition coefficient (Wildman–Crippen LogP) is 2.72. The molecule has 1 aliphatic heterocycles. The van der Waals surface area contributed by atoms with Gasteiger partial charge in [-0.3, -0.25) is 4.79 Å². The fraction of sp³-hybridized carbons (Fsp3) is 0.409. The highest BCUT2D eigenvalue weighted by Gasteiger charge is 2.30. The number of rotatable bonds is 6. The van der Waals surface area contributed by atoms with Crippen molar-refractivity contribution < 1.29 is 13.2 Å². The number of nitrogens with zero attached hydrogens (tertiary/aromatic N) is 5. The summed E-state index contributed by atoms with van der Waals surface area (Å²) in [7, 11) is -1.70. The molecule has 1 amide bonds. The van der Waals surface area contributed by atoms with Crippen molar-refractivity contribution in [1.29, 1.82) is 0 Å². The molecule has 0 unspecified atom stereocenters. The largest absolute Gasteiger partial charge is 0.339 e. The number of hydrogen-bond acceptors (Lipinski definition) is 6. The molecule has 1 fully saturated rings. The second-order valence-corrected chi connectivity index (χ2v) is 11.0. The van der Waals surface area contributed by atoms with Gasteiger partial charge >= 0.3 is 0 Å². The highest BCUT2D eigenvalue weighted by atomic mass is 32.2. The smallest absolute Gasteiger partial charge is 0.243 e. The molecule has 3 aromatic rings. The molecule has 4 rings (SSSR count). The summed E-state index contributed by atoms with van der Waals surface area (Å²) >= 11 is 1.36. The number of amides is 1. The molecule has 32 heavy (non-hydrogen) atoms. The Morgan fingerprint density at radius 3 is 2.38 bits per heavy atom. The Morgan fingerprint density at radius 2 is 1.72 bits per heavy atom. The molecule has 0 N–H and O–H groups in total. The van der Waals surface area contributed by atoms with E-state index in [0.29, 0.717) is 18.2 Å². The number of aromatic nitrogens is 3. The topological polar surface area (TPSA) is 88.4 Å². The zero-order valence-electron chi connectivity index (χ0n) is 18.4. The van der Waals surface area contributed by atoms with E-state index in [0.717, 1.165) is 16.6 Å². The van der Waals surface area contributed by atoms with Crippen molar-refractivity contribution in [2.45, 2.75) is 29.8 Å². The van der Waals surface area contributed by atoms with Gasteiger partial charge in [0.15, 0.2) is 5.16 Å². The van der Waals surface area contributed by atoms with Crippen LogP contribution in [0.5, 0.6) is 0 Å². The third-order valence-corrected chi connectivity index (χ3v) is 8.56. The van der Waals surface area contributed by atoms with Gasteiger partial charge in [0.1, 0.15) is 5.82 Å². The number of piperazine rings is 1. The number of carbonyl (C=O) groups excluding carboxylic acids is 1. The summed E-state index contributed by atoms with van der Waals surface area (Å²) < 4.78 is 29.6. The molecule has 170 valence electrons. The fourth-order valence-corrected chi connectivity index (χ4v) is 6.11. The van der Waals surface area contributed by atoms with Gasteiger partial charge in [-0.15, -0.1) is 10.2 Å². The second-order valence-electron chi connectivity index (χ2n) is 8.14. The first-order valence-electron chi connectivity index (χ1n) is 10.6. The van der Waals surface area contributed by atoms with Crippen LogP contribution in [0.15, 0.2) is 52.5 Å². The summed E-state index contributed by atoms with van der Waals surface area (Å²) in [4.78, 5) is 14.7. The lowest BCUT2D eigenvalue weighted by Gasteiger charge is -2.34. The Bertz CT molecular complexity index is 1230. The predicted molar refractivity (Wildman–Crippen MR) is 125 cm³/mol. The number of fused-ring (bicyclic) bond motifs is 1. The molecule has 0 spiro atoms. The van der Waals surface area contributed by atoms with Crippen molar-refractivity contribution in [2.24, 2.45) is 7.05 Å².